The fourth-order valence-corrected chi connectivity index (χ4v) is 3.19. The smallest absolute Gasteiger partial charge is 0.328 e. The van der Waals surface area contributed by atoms with E-state index in [4.69, 9.17) is 9.47 Å². The third kappa shape index (κ3) is 4.13. The maximum Gasteiger partial charge on any atom is 0.328 e. The number of hydrogen-bond donors (Lipinski definition) is 1. The first-order valence-electron chi connectivity index (χ1n) is 8.36. The van der Waals surface area contributed by atoms with Gasteiger partial charge >= 0.3 is 5.97 Å². The second-order valence-electron chi connectivity index (χ2n) is 6.84. The predicted molar refractivity (Wildman–Crippen MR) is 88.2 cm³/mol. The van der Waals surface area contributed by atoms with Gasteiger partial charge in [0, 0.05) is 12.0 Å². The number of likely N-dealkylation sites (tertiary alicyclic amines) is 1. The molecule has 1 N–H and O–H groups in total. The maximum atomic E-state index is 12.1. The molecular weight excluding hydrogens is 308 g/mol. The fourth-order valence-electron chi connectivity index (χ4n) is 3.19. The molecule has 0 aromatic heterocycles. The minimum atomic E-state index is -0.648. The number of rotatable bonds is 6. The molecule has 0 aliphatic carbocycles. The van der Waals surface area contributed by atoms with E-state index in [0.717, 1.165) is 38.3 Å². The Balaban J connectivity index is 1.38. The Morgan fingerprint density at radius 2 is 2.08 bits per heavy atom. The van der Waals surface area contributed by atoms with Crippen LogP contribution in [0.3, 0.4) is 0 Å². The van der Waals surface area contributed by atoms with Gasteiger partial charge in [0.15, 0.2) is 0 Å². The van der Waals surface area contributed by atoms with E-state index >= 15 is 0 Å². The summed E-state index contributed by atoms with van der Waals surface area (Å²) in [5, 5.41) is 2.72. The normalized spacial score (nSPS) is 20.4. The average Bonchev–Trinajstić information content (AvgIpc) is 2.97. The number of carbonyl (C=O) groups excluding carboxylic acids is 2. The van der Waals surface area contributed by atoms with Crippen molar-refractivity contribution in [3.05, 3.63) is 35.9 Å². The first-order valence-corrected chi connectivity index (χ1v) is 8.36. The van der Waals surface area contributed by atoms with Crippen molar-refractivity contribution in [2.75, 3.05) is 32.8 Å². The summed E-state index contributed by atoms with van der Waals surface area (Å²) in [5.41, 5.74) is 1.19. The van der Waals surface area contributed by atoms with Crippen molar-refractivity contribution in [1.29, 1.82) is 0 Å². The van der Waals surface area contributed by atoms with E-state index in [1.54, 1.807) is 6.92 Å². The molecule has 6 nitrogen and oxygen atoms in total. The SMILES string of the molecule is C[C@H](NC(=O)CN1CCC2(COC2)C1)C(=O)OCc1ccccc1. The lowest BCUT2D eigenvalue weighted by atomic mass is 9.85. The van der Waals surface area contributed by atoms with Crippen LogP contribution in [0.5, 0.6) is 0 Å². The highest BCUT2D eigenvalue weighted by Crippen LogP contribution is 2.37. The van der Waals surface area contributed by atoms with Gasteiger partial charge in [0.05, 0.1) is 19.8 Å². The highest BCUT2D eigenvalue weighted by atomic mass is 16.5. The molecule has 0 bridgehead atoms. The highest BCUT2D eigenvalue weighted by molar-refractivity contribution is 5.85. The fraction of sp³-hybridized carbons (Fsp3) is 0.556. The van der Waals surface area contributed by atoms with Crippen LogP contribution >= 0.6 is 0 Å². The molecule has 130 valence electrons. The van der Waals surface area contributed by atoms with Gasteiger partial charge < -0.3 is 14.8 Å². The molecule has 0 unspecified atom stereocenters. The van der Waals surface area contributed by atoms with Gasteiger partial charge in [0.25, 0.3) is 0 Å². The summed E-state index contributed by atoms with van der Waals surface area (Å²) in [6, 6.07) is 8.83. The standard InChI is InChI=1S/C18H24N2O4/c1-14(17(22)24-10-15-5-3-2-4-6-15)19-16(21)9-20-8-7-18(11-20)12-23-13-18/h2-6,14H,7-13H2,1H3,(H,19,21)/t14-/m0/s1. The van der Waals surface area contributed by atoms with E-state index in [1.807, 2.05) is 30.3 Å². The van der Waals surface area contributed by atoms with Crippen molar-refractivity contribution in [1.82, 2.24) is 10.2 Å². The lowest BCUT2D eigenvalue weighted by molar-refractivity contribution is -0.148. The van der Waals surface area contributed by atoms with Crippen LogP contribution in [-0.4, -0.2) is 55.7 Å². The second-order valence-corrected chi connectivity index (χ2v) is 6.84. The highest BCUT2D eigenvalue weighted by Gasteiger charge is 2.44. The summed E-state index contributed by atoms with van der Waals surface area (Å²) >= 11 is 0. The van der Waals surface area contributed by atoms with Gasteiger partial charge in [-0.1, -0.05) is 30.3 Å². The van der Waals surface area contributed by atoms with Crippen molar-refractivity contribution in [3.63, 3.8) is 0 Å². The molecule has 2 aliphatic heterocycles. The average molecular weight is 332 g/mol. The molecule has 2 saturated heterocycles. The largest absolute Gasteiger partial charge is 0.459 e. The number of nitrogens with one attached hydrogen (secondary N) is 1. The molecule has 1 amide bonds. The van der Waals surface area contributed by atoms with Crippen molar-refractivity contribution in [2.45, 2.75) is 26.0 Å². The Bertz CT molecular complexity index is 586. The molecule has 2 heterocycles. The van der Waals surface area contributed by atoms with Crippen LogP contribution in [0.15, 0.2) is 30.3 Å². The van der Waals surface area contributed by atoms with Crippen LogP contribution in [0.4, 0.5) is 0 Å². The van der Waals surface area contributed by atoms with Crippen LogP contribution in [0.2, 0.25) is 0 Å². The van der Waals surface area contributed by atoms with Gasteiger partial charge in [-0.2, -0.15) is 0 Å². The minimum absolute atomic E-state index is 0.142. The molecule has 1 spiro atoms. The molecule has 3 rings (SSSR count). The van der Waals surface area contributed by atoms with Crippen LogP contribution in [0.1, 0.15) is 18.9 Å². The van der Waals surface area contributed by atoms with E-state index in [2.05, 4.69) is 10.2 Å². The molecule has 2 fully saturated rings. The van der Waals surface area contributed by atoms with Gasteiger partial charge in [-0.15, -0.1) is 0 Å². The van der Waals surface area contributed by atoms with Crippen molar-refractivity contribution in [2.24, 2.45) is 5.41 Å². The zero-order valence-corrected chi connectivity index (χ0v) is 14.0. The van der Waals surface area contributed by atoms with E-state index in [9.17, 15) is 9.59 Å². The first-order chi connectivity index (χ1) is 11.6. The Hall–Kier alpha value is -1.92. The summed E-state index contributed by atoms with van der Waals surface area (Å²) in [6.45, 7) is 5.58. The second kappa shape index (κ2) is 7.32. The Labute approximate surface area is 142 Å². The summed E-state index contributed by atoms with van der Waals surface area (Å²) in [6.07, 6.45) is 1.08. The van der Waals surface area contributed by atoms with Gasteiger partial charge in [0.2, 0.25) is 5.91 Å². The molecule has 24 heavy (non-hydrogen) atoms. The quantitative estimate of drug-likeness (QED) is 0.786. The summed E-state index contributed by atoms with van der Waals surface area (Å²) in [7, 11) is 0. The molecule has 0 saturated carbocycles. The topological polar surface area (TPSA) is 67.9 Å². The van der Waals surface area contributed by atoms with Crippen molar-refractivity contribution >= 4 is 11.9 Å². The van der Waals surface area contributed by atoms with Crippen LogP contribution < -0.4 is 5.32 Å². The third-order valence-corrected chi connectivity index (χ3v) is 4.66. The zero-order chi connectivity index (χ0) is 17.0. The molecule has 2 aliphatic rings. The van der Waals surface area contributed by atoms with Crippen molar-refractivity contribution < 1.29 is 19.1 Å². The van der Waals surface area contributed by atoms with Crippen LogP contribution in [-0.2, 0) is 25.7 Å². The summed E-state index contributed by atoms with van der Waals surface area (Å²) in [4.78, 5) is 26.2. The maximum absolute atomic E-state index is 12.1. The van der Waals surface area contributed by atoms with Gasteiger partial charge in [0.1, 0.15) is 12.6 Å². The minimum Gasteiger partial charge on any atom is -0.459 e. The van der Waals surface area contributed by atoms with E-state index in [-0.39, 0.29) is 17.9 Å². The zero-order valence-electron chi connectivity index (χ0n) is 14.0. The van der Waals surface area contributed by atoms with Gasteiger partial charge in [-0.3, -0.25) is 9.69 Å². The van der Waals surface area contributed by atoms with Crippen molar-refractivity contribution in [3.8, 4) is 0 Å². The number of carbonyl (C=O) groups is 2. The number of hydrogen-bond acceptors (Lipinski definition) is 5. The predicted octanol–water partition coefficient (Wildman–Crippen LogP) is 0.957. The summed E-state index contributed by atoms with van der Waals surface area (Å²) < 4.78 is 10.5. The molecule has 1 aromatic carbocycles. The van der Waals surface area contributed by atoms with Crippen LogP contribution in [0.25, 0.3) is 0 Å². The monoisotopic (exact) mass is 332 g/mol. The third-order valence-electron chi connectivity index (χ3n) is 4.66. The molecular formula is C18H24N2O4. The molecule has 6 heteroatoms. The van der Waals surface area contributed by atoms with E-state index in [1.165, 1.54) is 0 Å². The molecule has 1 aromatic rings. The first kappa shape index (κ1) is 16.9. The number of amides is 1. The van der Waals surface area contributed by atoms with E-state index < -0.39 is 12.0 Å². The molecule has 1 atom stereocenters. The number of ether oxygens (including phenoxy) is 2. The lowest BCUT2D eigenvalue weighted by Gasteiger charge is -2.37. The Morgan fingerprint density at radius 3 is 2.71 bits per heavy atom. The Kier molecular flexibility index (Phi) is 5.16. The molecule has 0 radical (unpaired) electrons. The van der Waals surface area contributed by atoms with Gasteiger partial charge in [-0.25, -0.2) is 4.79 Å². The Morgan fingerprint density at radius 1 is 1.33 bits per heavy atom. The van der Waals surface area contributed by atoms with E-state index in [0.29, 0.717) is 6.54 Å². The summed E-state index contributed by atoms with van der Waals surface area (Å²) in [5.74, 6) is -0.561. The number of nitrogens with zero attached hydrogens (tertiary/aromatic N) is 1. The number of benzene rings is 1. The van der Waals surface area contributed by atoms with Crippen LogP contribution in [0, 0.1) is 5.41 Å². The lowest BCUT2D eigenvalue weighted by Crippen LogP contribution is -2.47. The number of esters is 1. The van der Waals surface area contributed by atoms with Gasteiger partial charge in [-0.05, 0) is 25.5 Å².